The van der Waals surface area contributed by atoms with E-state index in [9.17, 15) is 4.79 Å². The largest absolute Gasteiger partial charge is 0.493 e. The van der Waals surface area contributed by atoms with Crippen molar-refractivity contribution in [2.45, 2.75) is 52.2 Å². The molecule has 2 heterocycles. The van der Waals surface area contributed by atoms with Crippen molar-refractivity contribution in [1.29, 1.82) is 0 Å². The summed E-state index contributed by atoms with van der Waals surface area (Å²) in [5.74, 6) is 1.08. The summed E-state index contributed by atoms with van der Waals surface area (Å²) < 4.78 is 5.89. The Kier molecular flexibility index (Phi) is 3.89. The van der Waals surface area contributed by atoms with Crippen LogP contribution in [0.3, 0.4) is 0 Å². The number of amides is 1. The zero-order valence-electron chi connectivity index (χ0n) is 13.8. The Morgan fingerprint density at radius 1 is 1.41 bits per heavy atom. The highest BCUT2D eigenvalue weighted by atomic mass is 16.7. The number of rotatable bonds is 3. The topological polar surface area (TPSA) is 38.8 Å². The molecule has 1 aromatic rings. The molecule has 1 fully saturated rings. The number of carbonyl (C=O) groups is 1. The van der Waals surface area contributed by atoms with E-state index in [1.54, 1.807) is 5.06 Å². The first-order chi connectivity index (χ1) is 10.5. The Labute approximate surface area is 132 Å². The molecule has 4 heteroatoms. The second-order valence-corrected chi connectivity index (χ2v) is 6.95. The number of hydroxylamine groups is 2. The SMILES string of the molecule is CCC[C@H](C)C(=O)N1OC(C)(C)[C@H]2COc3ccccc3[C@H]21. The number of benzene rings is 1. The maximum absolute atomic E-state index is 12.8. The predicted molar refractivity (Wildman–Crippen MR) is 84.3 cm³/mol. The van der Waals surface area contributed by atoms with Crippen LogP contribution in [0.25, 0.3) is 0 Å². The Morgan fingerprint density at radius 3 is 2.86 bits per heavy atom. The molecule has 0 aromatic heterocycles. The molecule has 0 saturated carbocycles. The number of hydrogen-bond acceptors (Lipinski definition) is 3. The van der Waals surface area contributed by atoms with E-state index in [0.717, 1.165) is 24.2 Å². The van der Waals surface area contributed by atoms with Crippen LogP contribution in [0.4, 0.5) is 0 Å². The van der Waals surface area contributed by atoms with Crippen LogP contribution in [0.2, 0.25) is 0 Å². The maximum Gasteiger partial charge on any atom is 0.249 e. The van der Waals surface area contributed by atoms with Gasteiger partial charge in [0, 0.05) is 11.5 Å². The fraction of sp³-hybridized carbons (Fsp3) is 0.611. The van der Waals surface area contributed by atoms with Gasteiger partial charge in [0.05, 0.1) is 24.2 Å². The van der Waals surface area contributed by atoms with E-state index in [-0.39, 0.29) is 23.8 Å². The lowest BCUT2D eigenvalue weighted by molar-refractivity contribution is -0.208. The Morgan fingerprint density at radius 2 is 2.14 bits per heavy atom. The maximum atomic E-state index is 12.8. The predicted octanol–water partition coefficient (Wildman–Crippen LogP) is 3.72. The minimum Gasteiger partial charge on any atom is -0.493 e. The van der Waals surface area contributed by atoms with E-state index in [4.69, 9.17) is 9.57 Å². The first-order valence-corrected chi connectivity index (χ1v) is 8.19. The van der Waals surface area contributed by atoms with Gasteiger partial charge >= 0.3 is 0 Å². The quantitative estimate of drug-likeness (QED) is 0.854. The van der Waals surface area contributed by atoms with Crippen molar-refractivity contribution in [3.05, 3.63) is 29.8 Å². The highest BCUT2D eigenvalue weighted by molar-refractivity contribution is 5.78. The van der Waals surface area contributed by atoms with Crippen LogP contribution in [-0.4, -0.2) is 23.2 Å². The Hall–Kier alpha value is -1.55. The fourth-order valence-corrected chi connectivity index (χ4v) is 3.55. The van der Waals surface area contributed by atoms with Crippen molar-refractivity contribution in [3.63, 3.8) is 0 Å². The summed E-state index contributed by atoms with van der Waals surface area (Å²) in [6, 6.07) is 7.92. The van der Waals surface area contributed by atoms with Crippen molar-refractivity contribution in [1.82, 2.24) is 5.06 Å². The van der Waals surface area contributed by atoms with Crippen LogP contribution in [0.5, 0.6) is 5.75 Å². The lowest BCUT2D eigenvalue weighted by Gasteiger charge is -2.33. The van der Waals surface area contributed by atoms with Gasteiger partial charge in [-0.3, -0.25) is 9.63 Å². The molecule has 2 aliphatic heterocycles. The summed E-state index contributed by atoms with van der Waals surface area (Å²) >= 11 is 0. The van der Waals surface area contributed by atoms with Crippen LogP contribution >= 0.6 is 0 Å². The molecule has 4 nitrogen and oxygen atoms in total. The van der Waals surface area contributed by atoms with Gasteiger partial charge in [0.2, 0.25) is 5.91 Å². The molecule has 1 aromatic carbocycles. The molecule has 22 heavy (non-hydrogen) atoms. The average Bonchev–Trinajstić information content (AvgIpc) is 2.78. The van der Waals surface area contributed by atoms with Gasteiger partial charge in [-0.15, -0.1) is 0 Å². The van der Waals surface area contributed by atoms with Gasteiger partial charge in [-0.2, -0.15) is 0 Å². The van der Waals surface area contributed by atoms with E-state index in [2.05, 4.69) is 6.92 Å². The average molecular weight is 303 g/mol. The molecule has 2 aliphatic rings. The van der Waals surface area contributed by atoms with Crippen molar-refractivity contribution in [3.8, 4) is 5.75 Å². The second kappa shape index (κ2) is 5.58. The molecule has 0 bridgehead atoms. The molecule has 3 atom stereocenters. The highest BCUT2D eigenvalue weighted by Gasteiger charge is 2.54. The number of carbonyl (C=O) groups excluding carboxylic acids is 1. The van der Waals surface area contributed by atoms with Crippen LogP contribution in [0.15, 0.2) is 24.3 Å². The number of fused-ring (bicyclic) bond motifs is 3. The fourth-order valence-electron chi connectivity index (χ4n) is 3.55. The lowest BCUT2D eigenvalue weighted by atomic mass is 9.81. The van der Waals surface area contributed by atoms with Gasteiger partial charge in [0.15, 0.2) is 0 Å². The number of para-hydroxylation sites is 1. The third-order valence-electron chi connectivity index (χ3n) is 4.88. The van der Waals surface area contributed by atoms with E-state index in [0.29, 0.717) is 6.61 Å². The molecule has 0 radical (unpaired) electrons. The summed E-state index contributed by atoms with van der Waals surface area (Å²) in [6.07, 6.45) is 1.88. The molecule has 0 spiro atoms. The van der Waals surface area contributed by atoms with Crippen molar-refractivity contribution in [2.75, 3.05) is 6.61 Å². The zero-order chi connectivity index (χ0) is 15.9. The van der Waals surface area contributed by atoms with Crippen molar-refractivity contribution < 1.29 is 14.4 Å². The van der Waals surface area contributed by atoms with Gasteiger partial charge in [-0.05, 0) is 26.3 Å². The third kappa shape index (κ3) is 2.39. The molecule has 0 unspecified atom stereocenters. The molecule has 0 aliphatic carbocycles. The minimum atomic E-state index is -0.403. The zero-order valence-corrected chi connectivity index (χ0v) is 13.8. The monoisotopic (exact) mass is 303 g/mol. The summed E-state index contributed by atoms with van der Waals surface area (Å²) in [6.45, 7) is 8.76. The summed E-state index contributed by atoms with van der Waals surface area (Å²) in [7, 11) is 0. The van der Waals surface area contributed by atoms with Crippen molar-refractivity contribution >= 4 is 5.91 Å². The molecular weight excluding hydrogens is 278 g/mol. The molecule has 1 amide bonds. The van der Waals surface area contributed by atoms with Gasteiger partial charge in [-0.1, -0.05) is 38.5 Å². The van der Waals surface area contributed by atoms with Gasteiger partial charge in [0.1, 0.15) is 5.75 Å². The Balaban J connectivity index is 1.97. The molecule has 1 saturated heterocycles. The minimum absolute atomic E-state index is 0.0189. The van der Waals surface area contributed by atoms with Crippen LogP contribution < -0.4 is 4.74 Å². The first-order valence-electron chi connectivity index (χ1n) is 8.19. The highest BCUT2D eigenvalue weighted by Crippen LogP contribution is 2.50. The standard InChI is InChI=1S/C18H25NO3/c1-5-8-12(2)17(20)19-16-13-9-6-7-10-15(13)21-11-14(16)18(3,4)22-19/h6-7,9-10,12,14,16H,5,8,11H2,1-4H3/t12-,14-,16+/m0/s1. The van der Waals surface area contributed by atoms with Gasteiger partial charge in [0.25, 0.3) is 0 Å². The van der Waals surface area contributed by atoms with Crippen LogP contribution in [0, 0.1) is 11.8 Å². The van der Waals surface area contributed by atoms with Crippen LogP contribution in [-0.2, 0) is 9.63 Å². The lowest BCUT2D eigenvalue weighted by Crippen LogP contribution is -2.38. The summed E-state index contributed by atoms with van der Waals surface area (Å²) in [4.78, 5) is 18.9. The number of nitrogens with zero attached hydrogens (tertiary/aromatic N) is 1. The number of ether oxygens (including phenoxy) is 1. The van der Waals surface area contributed by atoms with E-state index < -0.39 is 5.60 Å². The van der Waals surface area contributed by atoms with Crippen molar-refractivity contribution in [2.24, 2.45) is 11.8 Å². The normalized spacial score (nSPS) is 26.8. The van der Waals surface area contributed by atoms with Gasteiger partial charge in [-0.25, -0.2) is 5.06 Å². The second-order valence-electron chi connectivity index (χ2n) is 6.95. The Bertz CT molecular complexity index is 569. The van der Waals surface area contributed by atoms with E-state index in [1.165, 1.54) is 0 Å². The molecule has 0 N–H and O–H groups in total. The van der Waals surface area contributed by atoms with E-state index >= 15 is 0 Å². The van der Waals surface area contributed by atoms with E-state index in [1.807, 2.05) is 45.0 Å². The smallest absolute Gasteiger partial charge is 0.249 e. The van der Waals surface area contributed by atoms with Gasteiger partial charge < -0.3 is 4.74 Å². The molecule has 120 valence electrons. The molecule has 3 rings (SSSR count). The molecular formula is C18H25NO3. The first kappa shape index (κ1) is 15.3. The summed E-state index contributed by atoms with van der Waals surface area (Å²) in [5, 5.41) is 1.63. The third-order valence-corrected chi connectivity index (χ3v) is 4.88. The summed E-state index contributed by atoms with van der Waals surface area (Å²) in [5.41, 5.74) is 0.654. The number of hydrogen-bond donors (Lipinski definition) is 0. The van der Waals surface area contributed by atoms with Crippen LogP contribution in [0.1, 0.15) is 52.1 Å².